The molecule has 0 saturated carbocycles. The number of rotatable bonds is 4. The third-order valence-corrected chi connectivity index (χ3v) is 3.60. The predicted molar refractivity (Wildman–Crippen MR) is 69.6 cm³/mol. The number of nitro groups is 1. The number of ether oxygens (including phenoxy) is 1. The number of aliphatic hydroxyl groups excluding tert-OH is 1. The van der Waals surface area contributed by atoms with Crippen LogP contribution in [0.15, 0.2) is 16.6 Å². The monoisotopic (exact) mass is 316 g/mol. The molecule has 0 aliphatic carbocycles. The molecule has 1 aliphatic heterocycles. The third kappa shape index (κ3) is 2.63. The first-order valence-corrected chi connectivity index (χ1v) is 6.33. The highest BCUT2D eigenvalue weighted by molar-refractivity contribution is 9.10. The molecule has 6 nitrogen and oxygen atoms in total. The minimum Gasteiger partial charge on any atom is -0.391 e. The van der Waals surface area contributed by atoms with Gasteiger partial charge in [0.2, 0.25) is 0 Å². The largest absolute Gasteiger partial charge is 0.391 e. The molecule has 0 spiro atoms. The van der Waals surface area contributed by atoms with Crippen molar-refractivity contribution in [2.24, 2.45) is 0 Å². The Morgan fingerprint density at radius 3 is 2.94 bits per heavy atom. The molecule has 0 aromatic heterocycles. The van der Waals surface area contributed by atoms with E-state index in [2.05, 4.69) is 21.2 Å². The van der Waals surface area contributed by atoms with Crippen molar-refractivity contribution in [2.75, 3.05) is 18.5 Å². The highest BCUT2D eigenvalue weighted by Gasteiger charge is 2.25. The standard InChI is InChI=1S/C11H13BrN2O4/c12-9-1-2-10(13-7-3-4-18-6-7)11(14(16)17)8(9)5-15/h1-2,7,13,15H,3-6H2. The van der Waals surface area contributed by atoms with Crippen molar-refractivity contribution in [3.8, 4) is 0 Å². The molecule has 0 amide bonds. The summed E-state index contributed by atoms with van der Waals surface area (Å²) in [5.41, 5.74) is 0.616. The molecule has 2 N–H and O–H groups in total. The number of benzene rings is 1. The first-order valence-electron chi connectivity index (χ1n) is 5.54. The lowest BCUT2D eigenvalue weighted by Gasteiger charge is -2.14. The average Bonchev–Trinajstić information content (AvgIpc) is 2.83. The molecule has 0 bridgehead atoms. The highest BCUT2D eigenvalue weighted by atomic mass is 79.9. The smallest absolute Gasteiger partial charge is 0.298 e. The lowest BCUT2D eigenvalue weighted by Crippen LogP contribution is -2.20. The summed E-state index contributed by atoms with van der Waals surface area (Å²) in [6.07, 6.45) is 0.821. The Bertz CT molecular complexity index is 461. The van der Waals surface area contributed by atoms with Gasteiger partial charge in [-0.3, -0.25) is 10.1 Å². The van der Waals surface area contributed by atoms with Crippen molar-refractivity contribution in [2.45, 2.75) is 19.1 Å². The van der Waals surface area contributed by atoms with Gasteiger partial charge in [0, 0.05) is 11.1 Å². The van der Waals surface area contributed by atoms with E-state index in [1.165, 1.54) is 0 Å². The van der Waals surface area contributed by atoms with Gasteiger partial charge < -0.3 is 15.2 Å². The Balaban J connectivity index is 2.36. The zero-order valence-corrected chi connectivity index (χ0v) is 11.1. The minimum absolute atomic E-state index is 0.0800. The first-order chi connectivity index (χ1) is 8.63. The topological polar surface area (TPSA) is 84.6 Å². The van der Waals surface area contributed by atoms with Crippen LogP contribution in [0.2, 0.25) is 0 Å². The number of nitrogens with one attached hydrogen (secondary N) is 1. The molecule has 18 heavy (non-hydrogen) atoms. The van der Waals surface area contributed by atoms with Crippen LogP contribution >= 0.6 is 15.9 Å². The molecule has 1 unspecified atom stereocenters. The van der Waals surface area contributed by atoms with Crippen molar-refractivity contribution < 1.29 is 14.8 Å². The third-order valence-electron chi connectivity index (χ3n) is 2.86. The summed E-state index contributed by atoms with van der Waals surface area (Å²) in [5.74, 6) is 0. The van der Waals surface area contributed by atoms with Crippen LogP contribution in [0.4, 0.5) is 11.4 Å². The van der Waals surface area contributed by atoms with E-state index in [9.17, 15) is 15.2 Å². The lowest BCUT2D eigenvalue weighted by atomic mass is 10.1. The SMILES string of the molecule is O=[N+]([O-])c1c(NC2CCOC2)ccc(Br)c1CO. The molecule has 1 aromatic carbocycles. The maximum Gasteiger partial charge on any atom is 0.298 e. The van der Waals surface area contributed by atoms with Crippen molar-refractivity contribution in [1.82, 2.24) is 0 Å². The zero-order valence-electron chi connectivity index (χ0n) is 9.56. The number of anilines is 1. The van der Waals surface area contributed by atoms with Crippen molar-refractivity contribution in [3.05, 3.63) is 32.3 Å². The molecule has 1 aromatic rings. The number of hydrogen-bond donors (Lipinski definition) is 2. The fourth-order valence-corrected chi connectivity index (χ4v) is 2.40. The van der Waals surface area contributed by atoms with Crippen LogP contribution in [0, 0.1) is 10.1 Å². The highest BCUT2D eigenvalue weighted by Crippen LogP contribution is 2.35. The molecule has 0 radical (unpaired) electrons. The minimum atomic E-state index is -0.478. The van der Waals surface area contributed by atoms with Gasteiger partial charge in [0.25, 0.3) is 5.69 Å². The van der Waals surface area contributed by atoms with Gasteiger partial charge in [-0.1, -0.05) is 15.9 Å². The van der Waals surface area contributed by atoms with E-state index in [1.807, 2.05) is 0 Å². The van der Waals surface area contributed by atoms with Crippen LogP contribution in [0.5, 0.6) is 0 Å². The second-order valence-corrected chi connectivity index (χ2v) is 4.90. The van der Waals surface area contributed by atoms with Crippen molar-refractivity contribution >= 4 is 27.3 Å². The molecule has 1 aliphatic rings. The normalized spacial score (nSPS) is 18.9. The van der Waals surface area contributed by atoms with E-state index in [0.29, 0.717) is 23.4 Å². The Morgan fingerprint density at radius 1 is 1.61 bits per heavy atom. The lowest BCUT2D eigenvalue weighted by molar-refractivity contribution is -0.385. The molecule has 1 atom stereocenters. The van der Waals surface area contributed by atoms with Gasteiger partial charge in [0.1, 0.15) is 5.69 Å². The molecule has 1 fully saturated rings. The average molecular weight is 317 g/mol. The summed E-state index contributed by atoms with van der Waals surface area (Å²) in [7, 11) is 0. The quantitative estimate of drug-likeness (QED) is 0.656. The van der Waals surface area contributed by atoms with E-state index >= 15 is 0 Å². The van der Waals surface area contributed by atoms with E-state index in [0.717, 1.165) is 6.42 Å². The van der Waals surface area contributed by atoms with Gasteiger partial charge in [-0.25, -0.2) is 0 Å². The van der Waals surface area contributed by atoms with E-state index in [4.69, 9.17) is 4.74 Å². The van der Waals surface area contributed by atoms with Crippen LogP contribution in [-0.2, 0) is 11.3 Å². The van der Waals surface area contributed by atoms with E-state index < -0.39 is 4.92 Å². The van der Waals surface area contributed by atoms with Crippen LogP contribution in [-0.4, -0.2) is 29.3 Å². The van der Waals surface area contributed by atoms with E-state index in [1.54, 1.807) is 12.1 Å². The molecular formula is C11H13BrN2O4. The van der Waals surface area contributed by atoms with Gasteiger partial charge in [-0.15, -0.1) is 0 Å². The summed E-state index contributed by atoms with van der Waals surface area (Å²) >= 11 is 3.21. The summed E-state index contributed by atoms with van der Waals surface area (Å²) in [6.45, 7) is 0.824. The van der Waals surface area contributed by atoms with E-state index in [-0.39, 0.29) is 23.9 Å². The maximum atomic E-state index is 11.1. The zero-order chi connectivity index (χ0) is 13.1. The molecule has 7 heteroatoms. The van der Waals surface area contributed by atoms with Crippen molar-refractivity contribution in [3.63, 3.8) is 0 Å². The van der Waals surface area contributed by atoms with Gasteiger partial charge in [-0.05, 0) is 18.6 Å². The Morgan fingerprint density at radius 2 is 2.39 bits per heavy atom. The number of hydrogen-bond acceptors (Lipinski definition) is 5. The number of aliphatic hydroxyl groups is 1. The van der Waals surface area contributed by atoms with Gasteiger partial charge in [-0.2, -0.15) is 0 Å². The first kappa shape index (κ1) is 13.3. The number of nitrogens with zero attached hydrogens (tertiary/aromatic N) is 1. The van der Waals surface area contributed by atoms with Gasteiger partial charge in [0.15, 0.2) is 0 Å². The Labute approximate surface area is 112 Å². The Kier molecular flexibility index (Phi) is 4.15. The number of halogens is 1. The fourth-order valence-electron chi connectivity index (χ4n) is 1.96. The fraction of sp³-hybridized carbons (Fsp3) is 0.455. The summed E-state index contributed by atoms with van der Waals surface area (Å²) in [4.78, 5) is 10.7. The van der Waals surface area contributed by atoms with Crippen LogP contribution < -0.4 is 5.32 Å². The second kappa shape index (κ2) is 5.64. The van der Waals surface area contributed by atoms with Crippen LogP contribution in [0.25, 0.3) is 0 Å². The number of nitro benzene ring substituents is 1. The Hall–Kier alpha value is -1.18. The summed E-state index contributed by atoms with van der Waals surface area (Å²) in [5, 5.41) is 23.5. The maximum absolute atomic E-state index is 11.1. The van der Waals surface area contributed by atoms with Crippen LogP contribution in [0.3, 0.4) is 0 Å². The molecule has 2 rings (SSSR count). The summed E-state index contributed by atoms with van der Waals surface area (Å²) < 4.78 is 5.75. The van der Waals surface area contributed by atoms with Crippen LogP contribution in [0.1, 0.15) is 12.0 Å². The second-order valence-electron chi connectivity index (χ2n) is 4.04. The molecule has 98 valence electrons. The van der Waals surface area contributed by atoms with Crippen molar-refractivity contribution in [1.29, 1.82) is 0 Å². The molecule has 1 saturated heterocycles. The van der Waals surface area contributed by atoms with Gasteiger partial charge in [0.05, 0.1) is 29.7 Å². The molecule has 1 heterocycles. The van der Waals surface area contributed by atoms with Gasteiger partial charge >= 0.3 is 0 Å². The summed E-state index contributed by atoms with van der Waals surface area (Å²) in [6, 6.07) is 3.41. The molecular weight excluding hydrogens is 304 g/mol. The predicted octanol–water partition coefficient (Wildman–Crippen LogP) is 2.05.